The van der Waals surface area contributed by atoms with E-state index >= 15 is 0 Å². The second-order valence-corrected chi connectivity index (χ2v) is 5.02. The molecule has 0 spiro atoms. The zero-order valence-corrected chi connectivity index (χ0v) is 13.8. The molecule has 0 aliphatic heterocycles. The third-order valence-electron chi connectivity index (χ3n) is 3.63. The molecular formula is C18H21NO4. The lowest BCUT2D eigenvalue weighted by Crippen LogP contribution is -2.23. The number of nitrogens with one attached hydrogen (secondary N) is 1. The van der Waals surface area contributed by atoms with Crippen molar-refractivity contribution in [2.45, 2.75) is 13.5 Å². The van der Waals surface area contributed by atoms with Crippen molar-refractivity contribution in [3.05, 3.63) is 53.1 Å². The van der Waals surface area contributed by atoms with Crippen molar-refractivity contribution in [1.29, 1.82) is 0 Å². The lowest BCUT2D eigenvalue weighted by Gasteiger charge is -2.14. The van der Waals surface area contributed by atoms with Crippen LogP contribution in [0, 0.1) is 6.92 Å². The van der Waals surface area contributed by atoms with Gasteiger partial charge in [0.1, 0.15) is 5.75 Å². The first kappa shape index (κ1) is 16.7. The quantitative estimate of drug-likeness (QED) is 0.890. The van der Waals surface area contributed by atoms with Crippen molar-refractivity contribution in [2.24, 2.45) is 0 Å². The smallest absolute Gasteiger partial charge is 0.255 e. The molecule has 1 amide bonds. The van der Waals surface area contributed by atoms with E-state index in [1.54, 1.807) is 39.5 Å². The maximum absolute atomic E-state index is 12.3. The fraction of sp³-hybridized carbons (Fsp3) is 0.278. The summed E-state index contributed by atoms with van der Waals surface area (Å²) in [4.78, 5) is 12.3. The molecule has 0 unspecified atom stereocenters. The van der Waals surface area contributed by atoms with Crippen LogP contribution in [0.5, 0.6) is 17.2 Å². The Hall–Kier alpha value is -2.69. The lowest BCUT2D eigenvalue weighted by atomic mass is 10.1. The number of para-hydroxylation sites is 1. The van der Waals surface area contributed by atoms with E-state index < -0.39 is 0 Å². The largest absolute Gasteiger partial charge is 0.496 e. The van der Waals surface area contributed by atoms with Gasteiger partial charge >= 0.3 is 0 Å². The molecular weight excluding hydrogens is 294 g/mol. The molecule has 0 saturated carbocycles. The maximum Gasteiger partial charge on any atom is 0.255 e. The van der Waals surface area contributed by atoms with Crippen molar-refractivity contribution in [2.75, 3.05) is 21.3 Å². The minimum atomic E-state index is -0.184. The molecule has 0 aromatic heterocycles. The Morgan fingerprint density at radius 2 is 1.57 bits per heavy atom. The summed E-state index contributed by atoms with van der Waals surface area (Å²) in [6.45, 7) is 2.36. The maximum atomic E-state index is 12.3. The summed E-state index contributed by atoms with van der Waals surface area (Å²) < 4.78 is 15.8. The fourth-order valence-electron chi connectivity index (χ4n) is 2.32. The Balaban J connectivity index is 2.16. The number of ether oxygens (including phenoxy) is 3. The van der Waals surface area contributed by atoms with E-state index in [1.807, 2.05) is 25.1 Å². The second-order valence-electron chi connectivity index (χ2n) is 5.02. The van der Waals surface area contributed by atoms with Gasteiger partial charge in [-0.25, -0.2) is 0 Å². The van der Waals surface area contributed by atoms with Crippen molar-refractivity contribution < 1.29 is 19.0 Å². The molecule has 0 saturated heterocycles. The standard InChI is InChI=1S/C18H21NO4/c1-12-9-16(22-3)17(23-4)10-13(12)11-19-18(20)14-7-5-6-8-15(14)21-2/h5-10H,11H2,1-4H3,(H,19,20). The SMILES string of the molecule is COc1cc(C)c(CNC(=O)c2ccccc2OC)cc1OC. The molecule has 1 N–H and O–H groups in total. The third kappa shape index (κ3) is 3.74. The van der Waals surface area contributed by atoms with Crippen LogP contribution in [0.15, 0.2) is 36.4 Å². The van der Waals surface area contributed by atoms with Crippen molar-refractivity contribution in [3.63, 3.8) is 0 Å². The highest BCUT2D eigenvalue weighted by molar-refractivity contribution is 5.96. The minimum absolute atomic E-state index is 0.184. The number of carbonyl (C=O) groups is 1. The van der Waals surface area contributed by atoms with Crippen molar-refractivity contribution in [3.8, 4) is 17.2 Å². The fourth-order valence-corrected chi connectivity index (χ4v) is 2.32. The van der Waals surface area contributed by atoms with Gasteiger partial charge in [-0.05, 0) is 42.3 Å². The Labute approximate surface area is 136 Å². The van der Waals surface area contributed by atoms with Crippen molar-refractivity contribution in [1.82, 2.24) is 5.32 Å². The molecule has 2 rings (SSSR count). The molecule has 0 bridgehead atoms. The topological polar surface area (TPSA) is 56.8 Å². The second kappa shape index (κ2) is 7.54. The molecule has 0 heterocycles. The molecule has 23 heavy (non-hydrogen) atoms. The van der Waals surface area contributed by atoms with Gasteiger partial charge in [-0.15, -0.1) is 0 Å². The minimum Gasteiger partial charge on any atom is -0.496 e. The number of benzene rings is 2. The molecule has 2 aromatic carbocycles. The van der Waals surface area contributed by atoms with E-state index in [9.17, 15) is 4.79 Å². The number of aryl methyl sites for hydroxylation is 1. The van der Waals surface area contributed by atoms with E-state index in [0.29, 0.717) is 29.4 Å². The highest BCUT2D eigenvalue weighted by Crippen LogP contribution is 2.30. The van der Waals surface area contributed by atoms with Crippen LogP contribution in [0.3, 0.4) is 0 Å². The van der Waals surface area contributed by atoms with Gasteiger partial charge in [0.2, 0.25) is 0 Å². The summed E-state index contributed by atoms with van der Waals surface area (Å²) in [7, 11) is 4.73. The Kier molecular flexibility index (Phi) is 5.46. The van der Waals surface area contributed by atoms with Crippen LogP contribution in [0.2, 0.25) is 0 Å². The predicted molar refractivity (Wildman–Crippen MR) is 88.4 cm³/mol. The Bertz CT molecular complexity index is 697. The van der Waals surface area contributed by atoms with E-state index in [2.05, 4.69) is 5.32 Å². The van der Waals surface area contributed by atoms with Crippen LogP contribution in [-0.2, 0) is 6.54 Å². The van der Waals surface area contributed by atoms with E-state index in [-0.39, 0.29) is 5.91 Å². The zero-order chi connectivity index (χ0) is 16.8. The molecule has 0 radical (unpaired) electrons. The number of rotatable bonds is 6. The van der Waals surface area contributed by atoms with Crippen molar-refractivity contribution >= 4 is 5.91 Å². The van der Waals surface area contributed by atoms with Crippen LogP contribution in [0.25, 0.3) is 0 Å². The molecule has 2 aromatic rings. The Morgan fingerprint density at radius 3 is 2.22 bits per heavy atom. The van der Waals surface area contributed by atoms with Crippen LogP contribution >= 0.6 is 0 Å². The van der Waals surface area contributed by atoms with Crippen LogP contribution in [0.1, 0.15) is 21.5 Å². The molecule has 5 heteroatoms. The number of amides is 1. The summed E-state index contributed by atoms with van der Waals surface area (Å²) in [5.41, 5.74) is 2.49. The number of carbonyl (C=O) groups excluding carboxylic acids is 1. The van der Waals surface area contributed by atoms with Crippen LogP contribution in [-0.4, -0.2) is 27.2 Å². The van der Waals surface area contributed by atoms with Gasteiger partial charge in [-0.3, -0.25) is 4.79 Å². The van der Waals surface area contributed by atoms with Gasteiger partial charge in [0.15, 0.2) is 11.5 Å². The first-order valence-electron chi connectivity index (χ1n) is 7.23. The highest BCUT2D eigenvalue weighted by atomic mass is 16.5. The number of methoxy groups -OCH3 is 3. The van der Waals surface area contributed by atoms with E-state index in [4.69, 9.17) is 14.2 Å². The van der Waals surface area contributed by atoms with Gasteiger partial charge in [-0.1, -0.05) is 12.1 Å². The molecule has 0 fully saturated rings. The van der Waals surface area contributed by atoms with Crippen LogP contribution in [0.4, 0.5) is 0 Å². The zero-order valence-electron chi connectivity index (χ0n) is 13.8. The van der Waals surface area contributed by atoms with E-state index in [0.717, 1.165) is 11.1 Å². The monoisotopic (exact) mass is 315 g/mol. The molecule has 0 aliphatic carbocycles. The number of hydrogen-bond acceptors (Lipinski definition) is 4. The van der Waals surface area contributed by atoms with Gasteiger partial charge in [0.05, 0.1) is 26.9 Å². The Morgan fingerprint density at radius 1 is 0.957 bits per heavy atom. The summed E-state index contributed by atoms with van der Waals surface area (Å²) in [6.07, 6.45) is 0. The first-order valence-corrected chi connectivity index (χ1v) is 7.23. The molecule has 122 valence electrons. The summed E-state index contributed by atoms with van der Waals surface area (Å²) >= 11 is 0. The summed E-state index contributed by atoms with van der Waals surface area (Å²) in [5, 5.41) is 2.90. The van der Waals surface area contributed by atoms with Crippen LogP contribution < -0.4 is 19.5 Å². The average molecular weight is 315 g/mol. The summed E-state index contributed by atoms with van der Waals surface area (Å²) in [5.74, 6) is 1.68. The number of hydrogen-bond donors (Lipinski definition) is 1. The van der Waals surface area contributed by atoms with Gasteiger partial charge in [-0.2, -0.15) is 0 Å². The first-order chi connectivity index (χ1) is 11.1. The average Bonchev–Trinajstić information content (AvgIpc) is 2.59. The lowest BCUT2D eigenvalue weighted by molar-refractivity contribution is 0.0948. The predicted octanol–water partition coefficient (Wildman–Crippen LogP) is 2.95. The summed E-state index contributed by atoms with van der Waals surface area (Å²) in [6, 6.07) is 10.9. The van der Waals surface area contributed by atoms with Gasteiger partial charge in [0, 0.05) is 6.54 Å². The normalized spacial score (nSPS) is 10.1. The van der Waals surface area contributed by atoms with Gasteiger partial charge in [0.25, 0.3) is 5.91 Å². The molecule has 5 nitrogen and oxygen atoms in total. The highest BCUT2D eigenvalue weighted by Gasteiger charge is 2.13. The molecule has 0 aliphatic rings. The third-order valence-corrected chi connectivity index (χ3v) is 3.63. The van der Waals surface area contributed by atoms with E-state index in [1.165, 1.54) is 0 Å². The van der Waals surface area contributed by atoms with Gasteiger partial charge < -0.3 is 19.5 Å². The molecule has 0 atom stereocenters.